The summed E-state index contributed by atoms with van der Waals surface area (Å²) in [6.07, 6.45) is 7.00. The molecule has 2 rings (SSSR count). The minimum Gasteiger partial charge on any atom is -0.410 e. The first-order chi connectivity index (χ1) is 12.5. The molecule has 2 aromatic rings. The molecule has 0 N–H and O–H groups in total. The average molecular weight is 382 g/mol. The molecule has 0 fully saturated rings. The van der Waals surface area contributed by atoms with Crippen molar-refractivity contribution in [1.82, 2.24) is 4.98 Å². The van der Waals surface area contributed by atoms with Crippen molar-refractivity contribution in [1.29, 1.82) is 0 Å². The molecule has 1 aromatic heterocycles. The highest BCUT2D eigenvalue weighted by molar-refractivity contribution is 6.74. The van der Waals surface area contributed by atoms with Gasteiger partial charge in [-0.3, -0.25) is 4.98 Å². The summed E-state index contributed by atoms with van der Waals surface area (Å²) < 4.78 is 6.83. The van der Waals surface area contributed by atoms with Gasteiger partial charge >= 0.3 is 0 Å². The first-order valence-corrected chi connectivity index (χ1v) is 12.8. The van der Waals surface area contributed by atoms with Crippen LogP contribution in [0.3, 0.4) is 0 Å². The Morgan fingerprint density at radius 1 is 1.22 bits per heavy atom. The number of allylic oxidation sites excluding steroid dienone is 2. The van der Waals surface area contributed by atoms with Gasteiger partial charge in [0.1, 0.15) is 0 Å². The minimum atomic E-state index is -1.92. The van der Waals surface area contributed by atoms with Crippen molar-refractivity contribution in [3.63, 3.8) is 0 Å². The van der Waals surface area contributed by atoms with E-state index in [9.17, 15) is 0 Å². The Bertz CT molecular complexity index is 814. The maximum absolute atomic E-state index is 6.83. The fourth-order valence-electron chi connectivity index (χ4n) is 2.68. The van der Waals surface area contributed by atoms with E-state index in [4.69, 9.17) is 4.43 Å². The molecule has 0 radical (unpaired) electrons. The summed E-state index contributed by atoms with van der Waals surface area (Å²) in [5, 5.41) is 1.32. The van der Waals surface area contributed by atoms with Crippen LogP contribution in [0.4, 0.5) is 0 Å². The Labute approximate surface area is 166 Å². The highest BCUT2D eigenvalue weighted by atomic mass is 28.4. The second-order valence-electron chi connectivity index (χ2n) is 9.29. The Morgan fingerprint density at radius 3 is 2.56 bits per heavy atom. The van der Waals surface area contributed by atoms with Gasteiger partial charge in [-0.25, -0.2) is 0 Å². The van der Waals surface area contributed by atoms with E-state index < -0.39 is 8.32 Å². The summed E-state index contributed by atoms with van der Waals surface area (Å²) >= 11 is 0. The molecule has 0 spiro atoms. The molecule has 27 heavy (non-hydrogen) atoms. The summed E-state index contributed by atoms with van der Waals surface area (Å²) in [4.78, 5) is 4.53. The zero-order valence-corrected chi connectivity index (χ0v) is 19.0. The third-order valence-electron chi connectivity index (χ3n) is 5.41. The van der Waals surface area contributed by atoms with Gasteiger partial charge in [0.2, 0.25) is 0 Å². The van der Waals surface area contributed by atoms with E-state index in [1.54, 1.807) is 0 Å². The molecule has 146 valence electrons. The summed E-state index contributed by atoms with van der Waals surface area (Å²) in [5.74, 6) is 0.520. The van der Waals surface area contributed by atoms with Crippen molar-refractivity contribution in [2.24, 2.45) is 5.92 Å². The van der Waals surface area contributed by atoms with Gasteiger partial charge in [-0.15, -0.1) is 0 Å². The van der Waals surface area contributed by atoms with E-state index in [-0.39, 0.29) is 11.1 Å². The summed E-state index contributed by atoms with van der Waals surface area (Å²) in [7, 11) is -1.92. The molecule has 0 bridgehead atoms. The second kappa shape index (κ2) is 8.53. The van der Waals surface area contributed by atoms with Gasteiger partial charge in [0.15, 0.2) is 8.32 Å². The molecule has 1 atom stereocenters. The van der Waals surface area contributed by atoms with Crippen LogP contribution < -0.4 is 0 Å². The van der Waals surface area contributed by atoms with Crippen LogP contribution in [-0.2, 0) is 4.43 Å². The van der Waals surface area contributed by atoms with Crippen molar-refractivity contribution >= 4 is 19.2 Å². The molecule has 1 aromatic carbocycles. The van der Waals surface area contributed by atoms with Crippen molar-refractivity contribution in [3.8, 4) is 0 Å². The van der Waals surface area contributed by atoms with Crippen molar-refractivity contribution in [2.45, 2.75) is 65.3 Å². The average Bonchev–Trinajstić information content (AvgIpc) is 2.57. The normalized spacial score (nSPS) is 14.2. The molecular formula is C24H35NOSi. The Balaban J connectivity index is 2.36. The van der Waals surface area contributed by atoms with Gasteiger partial charge in [0, 0.05) is 18.0 Å². The molecular weight excluding hydrogens is 346 g/mol. The van der Waals surface area contributed by atoms with Crippen molar-refractivity contribution < 1.29 is 4.43 Å². The molecule has 3 heteroatoms. The first-order valence-electron chi connectivity index (χ1n) is 9.88. The lowest BCUT2D eigenvalue weighted by atomic mass is 10.00. The Morgan fingerprint density at radius 2 is 1.93 bits per heavy atom. The number of pyridine rings is 1. The lowest BCUT2D eigenvalue weighted by molar-refractivity contribution is 0.185. The molecule has 0 saturated carbocycles. The van der Waals surface area contributed by atoms with Crippen LogP contribution in [0, 0.1) is 5.92 Å². The van der Waals surface area contributed by atoms with Gasteiger partial charge in [0.25, 0.3) is 0 Å². The van der Waals surface area contributed by atoms with E-state index in [1.807, 2.05) is 12.3 Å². The van der Waals surface area contributed by atoms with Crippen LogP contribution >= 0.6 is 0 Å². The largest absolute Gasteiger partial charge is 0.410 e. The predicted octanol–water partition coefficient (Wildman–Crippen LogP) is 7.46. The summed E-state index contributed by atoms with van der Waals surface area (Å²) in [6.45, 7) is 20.1. The number of hydrogen-bond acceptors (Lipinski definition) is 2. The van der Waals surface area contributed by atoms with Crippen LogP contribution in [0.2, 0.25) is 18.1 Å². The van der Waals surface area contributed by atoms with Crippen molar-refractivity contribution in [3.05, 3.63) is 66.4 Å². The number of rotatable bonds is 7. The molecule has 2 nitrogen and oxygen atoms in total. The number of aromatic nitrogens is 1. The van der Waals surface area contributed by atoms with Crippen LogP contribution in [0.1, 0.15) is 52.7 Å². The van der Waals surface area contributed by atoms with E-state index in [2.05, 4.69) is 95.7 Å². The third kappa shape index (κ3) is 5.88. The molecule has 0 aliphatic rings. The quantitative estimate of drug-likeness (QED) is 0.367. The molecule has 1 heterocycles. The zero-order valence-electron chi connectivity index (χ0n) is 18.0. The van der Waals surface area contributed by atoms with Crippen molar-refractivity contribution in [2.75, 3.05) is 0 Å². The topological polar surface area (TPSA) is 22.1 Å². The maximum atomic E-state index is 6.83. The Kier molecular flexibility index (Phi) is 6.82. The number of nitrogens with zero attached hydrogens (tertiary/aromatic N) is 1. The smallest absolute Gasteiger partial charge is 0.192 e. The molecule has 0 aliphatic heterocycles. The number of benzene rings is 1. The number of hydrogen-bond donors (Lipinski definition) is 0. The van der Waals surface area contributed by atoms with Crippen LogP contribution in [-0.4, -0.2) is 13.3 Å². The first kappa shape index (κ1) is 21.6. The second-order valence-corrected chi connectivity index (χ2v) is 14.0. The highest BCUT2D eigenvalue weighted by Gasteiger charge is 2.39. The molecule has 0 aliphatic carbocycles. The Hall–Kier alpha value is -1.71. The monoisotopic (exact) mass is 381 g/mol. The summed E-state index contributed by atoms with van der Waals surface area (Å²) in [6, 6.07) is 10.6. The van der Waals surface area contributed by atoms with E-state index in [0.717, 1.165) is 22.9 Å². The standard InChI is InChI=1S/C24H35NOSi/c1-18(2)11-12-19(3)16-23(26-27(7,8)24(4,5)6)21-14-13-20-10-9-15-25-22(20)17-21/h9-15,17-18,23H,3,16H2,1-2,4-8H3/b12-11+/t23-/m0/s1. The lowest BCUT2D eigenvalue weighted by Gasteiger charge is -2.39. The maximum Gasteiger partial charge on any atom is 0.192 e. The van der Waals surface area contributed by atoms with Crippen LogP contribution in [0.15, 0.2) is 60.8 Å². The van der Waals surface area contributed by atoms with Gasteiger partial charge in [0.05, 0.1) is 11.6 Å². The number of fused-ring (bicyclic) bond motifs is 1. The highest BCUT2D eigenvalue weighted by Crippen LogP contribution is 2.41. The SMILES string of the molecule is C=C(/C=C/C(C)C)C[C@H](O[Si](C)(C)C(C)(C)C)c1ccc2cccnc2c1. The van der Waals surface area contributed by atoms with Gasteiger partial charge < -0.3 is 4.43 Å². The van der Waals surface area contributed by atoms with E-state index in [1.165, 1.54) is 5.56 Å². The fourth-order valence-corrected chi connectivity index (χ4v) is 3.96. The van der Waals surface area contributed by atoms with Gasteiger partial charge in [-0.2, -0.15) is 0 Å². The predicted molar refractivity (Wildman–Crippen MR) is 121 cm³/mol. The minimum absolute atomic E-state index is 0.00149. The van der Waals surface area contributed by atoms with E-state index in [0.29, 0.717) is 5.92 Å². The molecule has 0 unspecified atom stereocenters. The summed E-state index contributed by atoms with van der Waals surface area (Å²) in [5.41, 5.74) is 3.31. The molecule has 0 amide bonds. The molecule has 0 saturated heterocycles. The van der Waals surface area contributed by atoms with Crippen LogP contribution in [0.5, 0.6) is 0 Å². The van der Waals surface area contributed by atoms with Crippen LogP contribution in [0.25, 0.3) is 10.9 Å². The van der Waals surface area contributed by atoms with E-state index >= 15 is 0 Å². The zero-order chi connectivity index (χ0) is 20.2. The lowest BCUT2D eigenvalue weighted by Crippen LogP contribution is -2.41. The van der Waals surface area contributed by atoms with Gasteiger partial charge in [-0.05, 0) is 41.7 Å². The van der Waals surface area contributed by atoms with Gasteiger partial charge in [-0.1, -0.05) is 77.1 Å². The third-order valence-corrected chi connectivity index (χ3v) is 9.90. The fraction of sp³-hybridized carbons (Fsp3) is 0.458.